The molecule has 109 heavy (non-hydrogen) atoms. The van der Waals surface area contributed by atoms with Gasteiger partial charge in [-0.1, -0.05) is 64.2 Å². The Balaban J connectivity index is 1.33. The van der Waals surface area contributed by atoms with E-state index in [1.165, 1.54) is 20.8 Å². The molecule has 38 heteroatoms. The molecule has 0 saturated carbocycles. The molecule has 19 atom stereocenters. The number of ether oxygens (including phenoxy) is 8. The van der Waals surface area contributed by atoms with Crippen molar-refractivity contribution in [3.63, 3.8) is 0 Å². The minimum Gasteiger partial charge on any atom is -0.394 e. The smallest absolute Gasteiger partial charge is 0.394 e. The molecule has 17 N–H and O–H groups in total. The summed E-state index contributed by atoms with van der Waals surface area (Å²) in [6.07, 6.45) is -2.56. The number of likely N-dealkylation sites (tertiary alicyclic amines) is 1. The van der Waals surface area contributed by atoms with Crippen LogP contribution in [-0.4, -0.2) is 320 Å². The number of carbonyl (C=O) groups is 8. The second-order valence-corrected chi connectivity index (χ2v) is 29.9. The lowest BCUT2D eigenvalue weighted by atomic mass is 9.86. The van der Waals surface area contributed by atoms with Crippen LogP contribution in [0.3, 0.4) is 0 Å². The number of amides is 8. The van der Waals surface area contributed by atoms with E-state index in [0.717, 1.165) is 39.2 Å². The number of phosphoric acid groups is 1. The molecular formula is C71H129N8O29P. The van der Waals surface area contributed by atoms with Crippen LogP contribution in [-0.2, 0) is 89.9 Å². The maximum absolute atomic E-state index is 14.2. The summed E-state index contributed by atoms with van der Waals surface area (Å²) in [6.45, 7) is 4.57. The number of hydrogen-bond acceptors (Lipinski definition) is 28. The maximum atomic E-state index is 14.2. The van der Waals surface area contributed by atoms with Gasteiger partial charge in [-0.05, 0) is 57.8 Å². The molecule has 0 aromatic heterocycles. The van der Waals surface area contributed by atoms with E-state index in [4.69, 9.17) is 42.4 Å². The van der Waals surface area contributed by atoms with Gasteiger partial charge in [0, 0.05) is 124 Å². The van der Waals surface area contributed by atoms with Crippen molar-refractivity contribution in [1.82, 2.24) is 42.1 Å². The number of hydrogen-bond donors (Lipinski definition) is 17. The fourth-order valence-electron chi connectivity index (χ4n) is 13.4. The molecule has 4 fully saturated rings. The molecule has 4 aliphatic rings. The van der Waals surface area contributed by atoms with Crippen LogP contribution in [0.15, 0.2) is 0 Å². The van der Waals surface area contributed by atoms with Crippen LogP contribution in [0.4, 0.5) is 0 Å². The lowest BCUT2D eigenvalue weighted by Crippen LogP contribution is -2.64. The normalized spacial score (nSPS) is 27.6. The number of nitrogens with zero attached hydrogens (tertiary/aromatic N) is 1. The number of nitrogens with one attached hydrogen (secondary N) is 7. The van der Waals surface area contributed by atoms with Crippen LogP contribution < -0.4 is 37.2 Å². The van der Waals surface area contributed by atoms with Crippen molar-refractivity contribution in [2.24, 2.45) is 11.8 Å². The molecule has 0 aromatic carbocycles. The van der Waals surface area contributed by atoms with Gasteiger partial charge in [-0.2, -0.15) is 0 Å². The van der Waals surface area contributed by atoms with Crippen molar-refractivity contribution in [2.75, 3.05) is 119 Å². The zero-order valence-corrected chi connectivity index (χ0v) is 64.9. The second-order valence-electron chi connectivity index (χ2n) is 28.3. The van der Waals surface area contributed by atoms with Gasteiger partial charge in [0.05, 0.1) is 77.7 Å². The van der Waals surface area contributed by atoms with Gasteiger partial charge < -0.3 is 131 Å². The Bertz CT molecular complexity index is 2570. The third kappa shape index (κ3) is 37.8. The summed E-state index contributed by atoms with van der Waals surface area (Å²) in [7, 11) is -2.97. The number of rotatable bonds is 57. The molecule has 4 aliphatic heterocycles. The van der Waals surface area contributed by atoms with Crippen molar-refractivity contribution in [3.8, 4) is 0 Å². The van der Waals surface area contributed by atoms with E-state index in [9.17, 15) is 93.8 Å². The largest absolute Gasteiger partial charge is 0.471 e. The van der Waals surface area contributed by atoms with Crippen LogP contribution in [0.2, 0.25) is 0 Å². The summed E-state index contributed by atoms with van der Waals surface area (Å²) in [6, 6.07) is -2.94. The topological polar surface area (TPSA) is 536 Å². The van der Waals surface area contributed by atoms with Crippen molar-refractivity contribution >= 4 is 55.1 Å². The highest BCUT2D eigenvalue weighted by molar-refractivity contribution is 7.47. The lowest BCUT2D eigenvalue weighted by Gasteiger charge is -2.43. The predicted octanol–water partition coefficient (Wildman–Crippen LogP) is -2.02. The molecule has 0 spiro atoms. The van der Waals surface area contributed by atoms with E-state index < -0.39 is 149 Å². The summed E-state index contributed by atoms with van der Waals surface area (Å²) in [5.74, 6) is -3.55. The fourth-order valence-corrected chi connectivity index (χ4v) is 13.8. The zero-order chi connectivity index (χ0) is 80.1. The van der Waals surface area contributed by atoms with Crippen LogP contribution in [0.1, 0.15) is 175 Å². The molecule has 0 aromatic rings. The highest BCUT2D eigenvalue weighted by Crippen LogP contribution is 2.42. The van der Waals surface area contributed by atoms with Gasteiger partial charge in [-0.15, -0.1) is 0 Å². The molecule has 4 heterocycles. The molecule has 0 bridgehead atoms. The summed E-state index contributed by atoms with van der Waals surface area (Å²) in [5, 5.41) is 111. The van der Waals surface area contributed by atoms with Gasteiger partial charge in [-0.25, -0.2) is 4.57 Å². The fraction of sp³-hybridized carbons (Fsp3) is 0.887. The van der Waals surface area contributed by atoms with E-state index >= 15 is 0 Å². The Morgan fingerprint density at radius 2 is 0.780 bits per heavy atom. The Morgan fingerprint density at radius 1 is 0.413 bits per heavy atom. The molecule has 19 unspecified atom stereocenters. The van der Waals surface area contributed by atoms with Gasteiger partial charge in [0.2, 0.25) is 47.3 Å². The Morgan fingerprint density at radius 3 is 1.20 bits per heavy atom. The van der Waals surface area contributed by atoms with Crippen LogP contribution in [0.5, 0.6) is 0 Å². The average molecular weight is 1590 g/mol. The Hall–Kier alpha value is -4.81. The molecule has 632 valence electrons. The molecule has 8 amide bonds. The maximum Gasteiger partial charge on any atom is 0.471 e. The van der Waals surface area contributed by atoms with Crippen molar-refractivity contribution in [3.05, 3.63) is 0 Å². The SMILES string of the molecule is COP(=O)(O)OCCCCCCNC(=O)CCCC(=O)N1CC(COCCC(=O)NCCCCCCCC2OC(CO)C(O)C(O)C2NC(C)=O)C(OCCC(=O)NCCCCCCOC2OC(CO)C(O)C(O)C2NC(C)=O)C(COCCC(=O)NCCCCCCOC2OC(CO)C(O)C(O)C2NC(C)=O)C1. The molecule has 0 radical (unpaired) electrons. The third-order valence-electron chi connectivity index (χ3n) is 19.4. The molecule has 4 saturated heterocycles. The molecular weight excluding hydrogens is 1460 g/mol. The Labute approximate surface area is 639 Å². The van der Waals surface area contributed by atoms with Gasteiger partial charge in [-0.3, -0.25) is 47.4 Å². The van der Waals surface area contributed by atoms with E-state index in [1.807, 2.05) is 0 Å². The van der Waals surface area contributed by atoms with Crippen molar-refractivity contribution in [2.45, 2.75) is 273 Å². The average Bonchev–Trinajstić information content (AvgIpc) is 0.831. The number of carbonyl (C=O) groups excluding carboxylic acids is 8. The first-order valence-corrected chi connectivity index (χ1v) is 40.3. The van der Waals surface area contributed by atoms with Crippen LogP contribution in [0, 0.1) is 11.8 Å². The highest BCUT2D eigenvalue weighted by atomic mass is 31.2. The van der Waals surface area contributed by atoms with Gasteiger partial charge >= 0.3 is 7.82 Å². The third-order valence-corrected chi connectivity index (χ3v) is 20.3. The van der Waals surface area contributed by atoms with E-state index in [2.05, 4.69) is 41.7 Å². The summed E-state index contributed by atoms with van der Waals surface area (Å²) in [4.78, 5) is 113. The van der Waals surface area contributed by atoms with Crippen molar-refractivity contribution in [1.29, 1.82) is 0 Å². The number of aliphatic hydroxyl groups excluding tert-OH is 9. The highest BCUT2D eigenvalue weighted by Gasteiger charge is 2.48. The standard InChI is InChI=1S/C71H129N8O29P/c1-46(83)76-60-51(106-52(41-80)63(91)66(60)94)23-14-6-5-7-15-30-73-56(87)26-36-100-44-49-39-79(59(90)25-22-24-55(86)72-29-18-10-13-21-35-105-109(97,98)99-4)40-50(45-101-37-27-57(88)74-31-16-8-11-19-33-103-70-61(77-47(2)84)67(95)64(92)53(42-81)107-70)69(49)102-38-28-58(89)75-32-17-9-12-20-34-104-71-62(78-48(3)85)68(96)65(93)54(43-82)108-71/h49-54,60-71,80-82,91-96H,5-45H2,1-4H3,(H,72,86)(H,73,87)(H,74,88)(H,75,89)(H,76,83)(H,77,84)(H,78,85)(H,97,98). The predicted molar refractivity (Wildman–Crippen MR) is 389 cm³/mol. The van der Waals surface area contributed by atoms with Crippen LogP contribution >= 0.6 is 7.82 Å². The second kappa shape index (κ2) is 54.8. The van der Waals surface area contributed by atoms with Gasteiger partial charge in [0.25, 0.3) is 0 Å². The first kappa shape index (κ1) is 96.6. The van der Waals surface area contributed by atoms with Gasteiger partial charge in [0.15, 0.2) is 12.6 Å². The summed E-state index contributed by atoms with van der Waals surface area (Å²) >= 11 is 0. The Kier molecular flexibility index (Phi) is 48.6. The monoisotopic (exact) mass is 1590 g/mol. The number of phosphoric ester groups is 1. The van der Waals surface area contributed by atoms with Gasteiger partial charge in [0.1, 0.15) is 67.0 Å². The first-order chi connectivity index (χ1) is 52.2. The number of unbranched alkanes of at least 4 members (excludes halogenated alkanes) is 13. The van der Waals surface area contributed by atoms with E-state index in [0.29, 0.717) is 110 Å². The summed E-state index contributed by atoms with van der Waals surface area (Å²) < 4.78 is 68.4. The summed E-state index contributed by atoms with van der Waals surface area (Å²) in [5.41, 5.74) is 0. The zero-order valence-electron chi connectivity index (χ0n) is 64.0. The number of aliphatic hydroxyl groups is 9. The number of piperidine rings is 1. The minimum absolute atomic E-state index is 0.00772. The molecule has 0 aliphatic carbocycles. The van der Waals surface area contributed by atoms with E-state index in [1.54, 1.807) is 4.90 Å². The van der Waals surface area contributed by atoms with E-state index in [-0.39, 0.29) is 140 Å². The molecule has 37 nitrogen and oxygen atoms in total. The van der Waals surface area contributed by atoms with Crippen molar-refractivity contribution < 1.29 is 141 Å². The molecule has 4 rings (SSSR count). The first-order valence-electron chi connectivity index (χ1n) is 38.8. The lowest BCUT2D eigenvalue weighted by molar-refractivity contribution is -0.270. The minimum atomic E-state index is -4.05. The van der Waals surface area contributed by atoms with Crippen LogP contribution in [0.25, 0.3) is 0 Å². The quantitative estimate of drug-likeness (QED) is 0.0231.